The van der Waals surface area contributed by atoms with Gasteiger partial charge in [-0.1, -0.05) is 32.4 Å². The Bertz CT molecular complexity index is 850. The molecule has 0 radical (unpaired) electrons. The van der Waals surface area contributed by atoms with E-state index in [4.69, 9.17) is 21.1 Å². The maximum atomic E-state index is 12.6. The highest BCUT2D eigenvalue weighted by Crippen LogP contribution is 2.69. The Labute approximate surface area is 220 Å². The van der Waals surface area contributed by atoms with Crippen LogP contribution in [0.3, 0.4) is 0 Å². The number of hydrogen-bond donors (Lipinski definition) is 3. The number of aliphatic hydroxyl groups excluding tert-OH is 2. The molecular weight excluding hydrogens is 484 g/mol. The zero-order valence-corrected chi connectivity index (χ0v) is 23.2. The average Bonchev–Trinajstić information content (AvgIpc) is 3.17. The Hall–Kier alpha value is -0.890. The summed E-state index contributed by atoms with van der Waals surface area (Å²) in [6, 6.07) is 0. The molecule has 4 rings (SSSR count). The van der Waals surface area contributed by atoms with E-state index < -0.39 is 29.3 Å². The van der Waals surface area contributed by atoms with Gasteiger partial charge in [-0.3, -0.25) is 4.79 Å². The average molecular weight is 529 g/mol. The third-order valence-corrected chi connectivity index (χ3v) is 11.4. The fourth-order valence-corrected chi connectivity index (χ4v) is 9.32. The van der Waals surface area contributed by atoms with Crippen molar-refractivity contribution in [3.8, 4) is 0 Å². The molecular formula is C28H45ClO7. The monoisotopic (exact) mass is 528 g/mol. The number of ether oxygens (including phenoxy) is 2. The molecule has 4 saturated carbocycles. The molecule has 0 aliphatic heterocycles. The summed E-state index contributed by atoms with van der Waals surface area (Å²) in [4.78, 5) is 24.4. The first-order valence-electron chi connectivity index (χ1n) is 13.8. The molecule has 4 aliphatic carbocycles. The summed E-state index contributed by atoms with van der Waals surface area (Å²) in [5.74, 6) is 0.0351. The van der Waals surface area contributed by atoms with Crippen molar-refractivity contribution in [1.82, 2.24) is 0 Å². The first-order valence-corrected chi connectivity index (χ1v) is 14.2. The van der Waals surface area contributed by atoms with E-state index in [0.29, 0.717) is 32.1 Å². The van der Waals surface area contributed by atoms with Crippen LogP contribution in [0.2, 0.25) is 0 Å². The van der Waals surface area contributed by atoms with Crippen molar-refractivity contribution in [3.05, 3.63) is 0 Å². The molecule has 8 heteroatoms. The minimum Gasteiger partial charge on any atom is -0.469 e. The molecule has 7 nitrogen and oxygen atoms in total. The van der Waals surface area contributed by atoms with Crippen LogP contribution in [0.5, 0.6) is 0 Å². The van der Waals surface area contributed by atoms with E-state index in [1.807, 2.05) is 0 Å². The molecule has 206 valence electrons. The number of aliphatic hydroxyl groups is 3. The minimum absolute atomic E-state index is 0.0431. The normalized spacial score (nSPS) is 47.6. The molecule has 4 fully saturated rings. The van der Waals surface area contributed by atoms with E-state index in [1.165, 1.54) is 7.11 Å². The van der Waals surface area contributed by atoms with E-state index in [0.717, 1.165) is 19.3 Å². The number of halogens is 1. The first-order chi connectivity index (χ1) is 16.8. The maximum Gasteiger partial charge on any atom is 0.339 e. The number of rotatable bonds is 6. The lowest BCUT2D eigenvalue weighted by molar-refractivity contribution is -0.220. The van der Waals surface area contributed by atoms with Crippen LogP contribution < -0.4 is 0 Å². The Morgan fingerprint density at radius 1 is 1.08 bits per heavy atom. The van der Waals surface area contributed by atoms with Crippen molar-refractivity contribution in [1.29, 1.82) is 0 Å². The van der Waals surface area contributed by atoms with Gasteiger partial charge in [-0.05, 0) is 105 Å². The Morgan fingerprint density at radius 3 is 2.42 bits per heavy atom. The first kappa shape index (κ1) is 28.1. The number of carbonyl (C=O) groups is 2. The van der Waals surface area contributed by atoms with Crippen LogP contribution in [0, 0.1) is 46.3 Å². The molecule has 12 atom stereocenters. The van der Waals surface area contributed by atoms with Crippen molar-refractivity contribution in [2.24, 2.45) is 46.3 Å². The number of fused-ring (bicyclic) bond motifs is 5. The molecule has 0 aromatic rings. The lowest BCUT2D eigenvalue weighted by Crippen LogP contribution is -2.64. The lowest BCUT2D eigenvalue weighted by atomic mass is 9.42. The summed E-state index contributed by atoms with van der Waals surface area (Å²) in [6.45, 7) is 8.17. The number of methoxy groups -OCH3 is 1. The van der Waals surface area contributed by atoms with Gasteiger partial charge >= 0.3 is 11.9 Å². The number of esters is 2. The van der Waals surface area contributed by atoms with Crippen LogP contribution in [0.1, 0.15) is 85.5 Å². The minimum atomic E-state index is -1.59. The molecule has 12 unspecified atom stereocenters. The fourth-order valence-electron chi connectivity index (χ4n) is 9.24. The van der Waals surface area contributed by atoms with Crippen LogP contribution in [0.4, 0.5) is 0 Å². The summed E-state index contributed by atoms with van der Waals surface area (Å²) in [7, 11) is 1.41. The Kier molecular flexibility index (Phi) is 7.82. The number of carbonyl (C=O) groups excluding carboxylic acids is 2. The van der Waals surface area contributed by atoms with Gasteiger partial charge in [0.2, 0.25) is 0 Å². The van der Waals surface area contributed by atoms with Crippen molar-refractivity contribution >= 4 is 23.5 Å². The van der Waals surface area contributed by atoms with Crippen LogP contribution in [-0.4, -0.2) is 57.7 Å². The van der Waals surface area contributed by atoms with Crippen molar-refractivity contribution in [2.45, 2.75) is 109 Å². The van der Waals surface area contributed by atoms with Gasteiger partial charge in [0.15, 0.2) is 11.2 Å². The smallest absolute Gasteiger partial charge is 0.339 e. The largest absolute Gasteiger partial charge is 0.469 e. The molecule has 0 aromatic heterocycles. The van der Waals surface area contributed by atoms with Crippen LogP contribution >= 0.6 is 11.6 Å². The molecule has 3 N–H and O–H groups in total. The van der Waals surface area contributed by atoms with Gasteiger partial charge in [0, 0.05) is 6.42 Å². The summed E-state index contributed by atoms with van der Waals surface area (Å²) < 4.78 is 9.98. The summed E-state index contributed by atoms with van der Waals surface area (Å²) in [5, 5.41) is 34.4. The quantitative estimate of drug-likeness (QED) is 0.352. The van der Waals surface area contributed by atoms with Crippen molar-refractivity contribution in [2.75, 3.05) is 7.11 Å². The standard InChI is InChI=1S/C28H45ClO7/c1-15(6-9-23(32)35-5)18-7-8-19-24-20(13-22(31)27(18,19)4)26(3)10-11-28(34,25(33)36-16(2)29)14-17(26)12-21(24)30/h15-22,24,30-31,34H,6-14H2,1-5H3. The zero-order chi connectivity index (χ0) is 26.6. The summed E-state index contributed by atoms with van der Waals surface area (Å²) in [6.07, 6.45) is 4.36. The molecule has 0 bridgehead atoms. The van der Waals surface area contributed by atoms with E-state index >= 15 is 0 Å². The number of alkyl halides is 1. The summed E-state index contributed by atoms with van der Waals surface area (Å²) in [5.41, 5.74) is -2.89. The van der Waals surface area contributed by atoms with Crippen LogP contribution in [-0.2, 0) is 19.1 Å². The molecule has 0 aromatic carbocycles. The highest BCUT2D eigenvalue weighted by Gasteiger charge is 2.67. The van der Waals surface area contributed by atoms with E-state index in [2.05, 4.69) is 20.8 Å². The van der Waals surface area contributed by atoms with Gasteiger partial charge in [0.05, 0.1) is 19.3 Å². The van der Waals surface area contributed by atoms with E-state index in [-0.39, 0.29) is 58.7 Å². The molecule has 4 aliphatic rings. The highest BCUT2D eigenvalue weighted by atomic mass is 35.5. The predicted molar refractivity (Wildman–Crippen MR) is 135 cm³/mol. The Morgan fingerprint density at radius 2 is 1.78 bits per heavy atom. The molecule has 0 saturated heterocycles. The van der Waals surface area contributed by atoms with Gasteiger partial charge in [-0.15, -0.1) is 0 Å². The van der Waals surface area contributed by atoms with Crippen LogP contribution in [0.25, 0.3) is 0 Å². The second-order valence-electron chi connectivity index (χ2n) is 12.9. The van der Waals surface area contributed by atoms with Crippen LogP contribution in [0.15, 0.2) is 0 Å². The van der Waals surface area contributed by atoms with Gasteiger partial charge in [0.25, 0.3) is 0 Å². The lowest BCUT2D eigenvalue weighted by Gasteiger charge is -2.64. The van der Waals surface area contributed by atoms with Gasteiger partial charge in [-0.25, -0.2) is 4.79 Å². The molecule has 0 amide bonds. The number of hydrogen-bond acceptors (Lipinski definition) is 7. The van der Waals surface area contributed by atoms with Gasteiger partial charge in [-0.2, -0.15) is 0 Å². The maximum absolute atomic E-state index is 12.6. The fraction of sp³-hybridized carbons (Fsp3) is 0.929. The predicted octanol–water partition coefficient (Wildman–Crippen LogP) is 4.04. The van der Waals surface area contributed by atoms with Crippen molar-refractivity contribution in [3.63, 3.8) is 0 Å². The third kappa shape index (κ3) is 4.50. The zero-order valence-electron chi connectivity index (χ0n) is 22.4. The molecule has 36 heavy (non-hydrogen) atoms. The third-order valence-electron chi connectivity index (χ3n) is 11.3. The molecule has 0 heterocycles. The SMILES string of the molecule is COC(=O)CCC(C)C1CCC2C3C(O)CC4CC(O)(C(=O)OC(C)Cl)CCC4(C)C3CC(O)C12C. The van der Waals surface area contributed by atoms with Crippen molar-refractivity contribution < 1.29 is 34.4 Å². The topological polar surface area (TPSA) is 113 Å². The van der Waals surface area contributed by atoms with Gasteiger partial charge in [0.1, 0.15) is 0 Å². The highest BCUT2D eigenvalue weighted by molar-refractivity contribution is 6.20. The second kappa shape index (κ2) is 10.0. The van der Waals surface area contributed by atoms with E-state index in [1.54, 1.807) is 6.92 Å². The second-order valence-corrected chi connectivity index (χ2v) is 13.5. The molecule has 0 spiro atoms. The van der Waals surface area contributed by atoms with Gasteiger partial charge < -0.3 is 24.8 Å². The van der Waals surface area contributed by atoms with E-state index in [9.17, 15) is 24.9 Å². The Balaban J connectivity index is 1.55. The summed E-state index contributed by atoms with van der Waals surface area (Å²) >= 11 is 5.85.